The summed E-state index contributed by atoms with van der Waals surface area (Å²) in [6.45, 7) is 2.88. The van der Waals surface area contributed by atoms with E-state index in [1.165, 1.54) is 11.6 Å². The van der Waals surface area contributed by atoms with Crippen LogP contribution in [0.1, 0.15) is 17.0 Å². The number of hydrogen-bond acceptors (Lipinski definition) is 3. The maximum atomic E-state index is 12.0. The number of aromatic nitrogens is 2. The van der Waals surface area contributed by atoms with Gasteiger partial charge in [0.2, 0.25) is 0 Å². The molecule has 0 spiro atoms. The predicted molar refractivity (Wildman–Crippen MR) is 80.7 cm³/mol. The Bertz CT molecular complexity index is 743. The molecule has 0 aliphatic carbocycles. The Morgan fingerprint density at radius 2 is 2.25 bits per heavy atom. The molecule has 0 radical (unpaired) electrons. The van der Waals surface area contributed by atoms with Crippen LogP contribution in [0.2, 0.25) is 5.15 Å². The average Bonchev–Trinajstić information content (AvgIpc) is 2.81. The molecule has 0 amide bonds. The van der Waals surface area contributed by atoms with Crippen molar-refractivity contribution in [2.75, 3.05) is 6.61 Å². The zero-order chi connectivity index (χ0) is 14.3. The van der Waals surface area contributed by atoms with E-state index in [4.69, 9.17) is 16.3 Å². The van der Waals surface area contributed by atoms with Crippen molar-refractivity contribution in [3.05, 3.63) is 55.1 Å². The minimum Gasteiger partial charge on any atom is -0.493 e. The van der Waals surface area contributed by atoms with Crippen molar-refractivity contribution in [2.24, 2.45) is 0 Å². The largest absolute Gasteiger partial charge is 0.493 e. The van der Waals surface area contributed by atoms with Gasteiger partial charge in [-0.15, -0.1) is 0 Å². The van der Waals surface area contributed by atoms with Crippen LogP contribution in [0.4, 0.5) is 0 Å². The first-order valence-electron chi connectivity index (χ1n) is 6.22. The highest BCUT2D eigenvalue weighted by molar-refractivity contribution is 9.10. The van der Waals surface area contributed by atoms with Crippen molar-refractivity contribution in [3.63, 3.8) is 0 Å². The normalized spacial score (nSPS) is 13.2. The lowest BCUT2D eigenvalue weighted by molar-refractivity contribution is 0.352. The fourth-order valence-electron chi connectivity index (χ4n) is 2.41. The van der Waals surface area contributed by atoms with Gasteiger partial charge in [-0.3, -0.25) is 9.36 Å². The molecule has 2 heterocycles. The third-order valence-electron chi connectivity index (χ3n) is 3.32. The van der Waals surface area contributed by atoms with E-state index in [0.717, 1.165) is 22.2 Å². The maximum absolute atomic E-state index is 12.0. The van der Waals surface area contributed by atoms with Gasteiger partial charge in [0, 0.05) is 22.5 Å². The summed E-state index contributed by atoms with van der Waals surface area (Å²) < 4.78 is 8.26. The van der Waals surface area contributed by atoms with Gasteiger partial charge in [0.25, 0.3) is 5.56 Å². The molecule has 0 N–H and O–H groups in total. The molecular formula is C14H12BrClN2O2. The van der Waals surface area contributed by atoms with Crippen LogP contribution in [-0.2, 0) is 13.0 Å². The first-order valence-corrected chi connectivity index (χ1v) is 7.40. The molecule has 3 rings (SSSR count). The molecule has 0 unspecified atom stereocenters. The van der Waals surface area contributed by atoms with E-state index in [-0.39, 0.29) is 10.7 Å². The molecule has 0 saturated heterocycles. The SMILES string of the molecule is Cc1nc(Cl)cc(=O)n1Cc1cc(Br)cc2c1OCC2. The van der Waals surface area contributed by atoms with Gasteiger partial charge in [0.05, 0.1) is 13.2 Å². The smallest absolute Gasteiger partial charge is 0.255 e. The van der Waals surface area contributed by atoms with Gasteiger partial charge in [0.15, 0.2) is 0 Å². The Balaban J connectivity index is 2.07. The first kappa shape index (κ1) is 13.6. The Morgan fingerprint density at radius 1 is 1.45 bits per heavy atom. The molecule has 0 bridgehead atoms. The molecule has 0 saturated carbocycles. The number of halogens is 2. The van der Waals surface area contributed by atoms with Crippen molar-refractivity contribution in [1.29, 1.82) is 0 Å². The molecule has 0 fully saturated rings. The van der Waals surface area contributed by atoms with Gasteiger partial charge in [-0.1, -0.05) is 27.5 Å². The number of aryl methyl sites for hydroxylation is 1. The predicted octanol–water partition coefficient (Wildman–Crippen LogP) is 2.95. The summed E-state index contributed by atoms with van der Waals surface area (Å²) in [7, 11) is 0. The van der Waals surface area contributed by atoms with Gasteiger partial charge in [0.1, 0.15) is 16.7 Å². The van der Waals surface area contributed by atoms with E-state index >= 15 is 0 Å². The number of benzene rings is 1. The number of rotatable bonds is 2. The molecule has 1 aromatic carbocycles. The van der Waals surface area contributed by atoms with E-state index in [2.05, 4.69) is 27.0 Å². The average molecular weight is 356 g/mol. The third kappa shape index (κ3) is 2.47. The minimum absolute atomic E-state index is 0.158. The zero-order valence-corrected chi connectivity index (χ0v) is 13.2. The lowest BCUT2D eigenvalue weighted by Gasteiger charge is -2.13. The van der Waals surface area contributed by atoms with Crippen LogP contribution >= 0.6 is 27.5 Å². The van der Waals surface area contributed by atoms with Gasteiger partial charge in [-0.05, 0) is 24.6 Å². The fraction of sp³-hybridized carbons (Fsp3) is 0.286. The Morgan fingerprint density at radius 3 is 3.00 bits per heavy atom. The van der Waals surface area contributed by atoms with Crippen LogP contribution in [0.15, 0.2) is 27.5 Å². The standard InChI is InChI=1S/C14H12BrClN2O2/c1-8-17-12(16)6-13(19)18(8)7-10-5-11(15)4-9-2-3-20-14(9)10/h4-6H,2-3,7H2,1H3. The molecule has 1 aliphatic heterocycles. The Labute approximate surface area is 129 Å². The number of hydrogen-bond donors (Lipinski definition) is 0. The van der Waals surface area contributed by atoms with E-state index in [9.17, 15) is 4.79 Å². The summed E-state index contributed by atoms with van der Waals surface area (Å²) >= 11 is 9.29. The second kappa shape index (κ2) is 5.22. The topological polar surface area (TPSA) is 44.1 Å². The molecule has 1 aromatic heterocycles. The van der Waals surface area contributed by atoms with Crippen molar-refractivity contribution < 1.29 is 4.74 Å². The lowest BCUT2D eigenvalue weighted by Crippen LogP contribution is -2.23. The third-order valence-corrected chi connectivity index (χ3v) is 3.97. The summed E-state index contributed by atoms with van der Waals surface area (Å²) in [5.74, 6) is 1.48. The summed E-state index contributed by atoms with van der Waals surface area (Å²) in [4.78, 5) is 16.2. The van der Waals surface area contributed by atoms with E-state index in [1.807, 2.05) is 6.07 Å². The molecule has 20 heavy (non-hydrogen) atoms. The van der Waals surface area contributed by atoms with Crippen molar-refractivity contribution in [2.45, 2.75) is 19.9 Å². The van der Waals surface area contributed by atoms with Gasteiger partial charge >= 0.3 is 0 Å². The van der Waals surface area contributed by atoms with Crippen LogP contribution < -0.4 is 10.3 Å². The summed E-state index contributed by atoms with van der Waals surface area (Å²) in [6, 6.07) is 5.36. The van der Waals surface area contributed by atoms with Crippen LogP contribution in [0.25, 0.3) is 0 Å². The molecule has 0 atom stereocenters. The monoisotopic (exact) mass is 354 g/mol. The highest BCUT2D eigenvalue weighted by Gasteiger charge is 2.18. The van der Waals surface area contributed by atoms with Crippen molar-refractivity contribution >= 4 is 27.5 Å². The van der Waals surface area contributed by atoms with Crippen molar-refractivity contribution in [1.82, 2.24) is 9.55 Å². The second-order valence-corrected chi connectivity index (χ2v) is 6.01. The minimum atomic E-state index is -0.158. The molecule has 2 aromatic rings. The molecular weight excluding hydrogens is 344 g/mol. The molecule has 1 aliphatic rings. The van der Waals surface area contributed by atoms with E-state index in [0.29, 0.717) is 19.0 Å². The van der Waals surface area contributed by atoms with Crippen LogP contribution in [0.5, 0.6) is 5.75 Å². The fourth-order valence-corrected chi connectivity index (χ4v) is 3.18. The van der Waals surface area contributed by atoms with Crippen LogP contribution in [0, 0.1) is 6.92 Å². The van der Waals surface area contributed by atoms with Crippen LogP contribution in [0.3, 0.4) is 0 Å². The molecule has 104 valence electrons. The van der Waals surface area contributed by atoms with Gasteiger partial charge in [-0.25, -0.2) is 4.98 Å². The van der Waals surface area contributed by atoms with Gasteiger partial charge in [-0.2, -0.15) is 0 Å². The van der Waals surface area contributed by atoms with Crippen molar-refractivity contribution in [3.8, 4) is 5.75 Å². The number of fused-ring (bicyclic) bond motifs is 1. The summed E-state index contributed by atoms with van der Waals surface area (Å²) in [5.41, 5.74) is 1.98. The van der Waals surface area contributed by atoms with E-state index < -0.39 is 0 Å². The number of ether oxygens (including phenoxy) is 1. The Kier molecular flexibility index (Phi) is 3.56. The quantitative estimate of drug-likeness (QED) is 0.778. The zero-order valence-electron chi connectivity index (χ0n) is 10.8. The van der Waals surface area contributed by atoms with E-state index in [1.54, 1.807) is 11.5 Å². The van der Waals surface area contributed by atoms with Gasteiger partial charge < -0.3 is 4.74 Å². The summed E-state index contributed by atoms with van der Waals surface area (Å²) in [6.07, 6.45) is 0.897. The maximum Gasteiger partial charge on any atom is 0.255 e. The molecule has 6 heteroatoms. The highest BCUT2D eigenvalue weighted by Crippen LogP contribution is 2.33. The Hall–Kier alpha value is -1.33. The summed E-state index contributed by atoms with van der Waals surface area (Å²) in [5, 5.41) is 0.222. The first-order chi connectivity index (χ1) is 9.54. The lowest BCUT2D eigenvalue weighted by atomic mass is 10.1. The highest BCUT2D eigenvalue weighted by atomic mass is 79.9. The second-order valence-electron chi connectivity index (χ2n) is 4.70. The number of nitrogens with zero attached hydrogens (tertiary/aromatic N) is 2. The van der Waals surface area contributed by atoms with Crippen LogP contribution in [-0.4, -0.2) is 16.2 Å². The molecule has 4 nitrogen and oxygen atoms in total.